The van der Waals surface area contributed by atoms with E-state index in [0.717, 1.165) is 66.6 Å². The molecule has 73 heavy (non-hydrogen) atoms. The Morgan fingerprint density at radius 3 is 1.08 bits per heavy atom. The second-order valence-corrected chi connectivity index (χ2v) is 21.6. The third kappa shape index (κ3) is 39.6. The average molecular weight is 1050 g/mol. The zero-order valence-electron chi connectivity index (χ0n) is 49.1. The van der Waals surface area contributed by atoms with Crippen LogP contribution in [0.5, 0.6) is 0 Å². The minimum absolute atomic E-state index is 0. The van der Waals surface area contributed by atoms with Gasteiger partial charge in [-0.1, -0.05) is 308 Å². The quantitative estimate of drug-likeness (QED) is 0.0208. The molecule has 0 atom stereocenters. The molecular formula is C70H118N2Ni. The molecule has 0 saturated carbocycles. The van der Waals surface area contributed by atoms with Gasteiger partial charge in [-0.25, -0.2) is 4.70 Å². The van der Waals surface area contributed by atoms with Crippen molar-refractivity contribution in [1.29, 1.82) is 0 Å². The van der Waals surface area contributed by atoms with Crippen molar-refractivity contribution in [3.05, 3.63) is 102 Å². The van der Waals surface area contributed by atoms with Gasteiger partial charge < -0.3 is 19.4 Å². The fourth-order valence-electron chi connectivity index (χ4n) is 9.89. The summed E-state index contributed by atoms with van der Waals surface area (Å²) in [6, 6.07) is 17.5. The van der Waals surface area contributed by atoms with E-state index < -0.39 is 0 Å². The van der Waals surface area contributed by atoms with Crippen LogP contribution < -0.4 is 0 Å². The molecule has 1 aliphatic heterocycles. The molecule has 0 bridgehead atoms. The number of benzene rings is 2. The zero-order valence-corrected chi connectivity index (χ0v) is 50.1. The van der Waals surface area contributed by atoms with Crippen LogP contribution in [0, 0.1) is 25.7 Å². The summed E-state index contributed by atoms with van der Waals surface area (Å²) in [6.45, 7) is 19.1. The van der Waals surface area contributed by atoms with E-state index in [4.69, 9.17) is 0 Å². The zero-order chi connectivity index (χ0) is 52.2. The number of allylic oxidation sites excluding steroid dienone is 2. The van der Waals surface area contributed by atoms with Gasteiger partial charge in [0.25, 0.3) is 0 Å². The van der Waals surface area contributed by atoms with E-state index in [9.17, 15) is 5.53 Å². The molecule has 3 heteroatoms. The molecular weight excluding hydrogens is 927 g/mol. The molecule has 3 rings (SSSR count). The Hall–Kier alpha value is -2.43. The van der Waals surface area contributed by atoms with Gasteiger partial charge in [-0.15, -0.1) is 0 Å². The van der Waals surface area contributed by atoms with Crippen LogP contribution in [0.15, 0.2) is 60.2 Å². The Balaban J connectivity index is 0.00000146. The van der Waals surface area contributed by atoms with Crippen LogP contribution in [-0.2, 0) is 29.3 Å². The van der Waals surface area contributed by atoms with Gasteiger partial charge in [-0.05, 0) is 67.5 Å². The van der Waals surface area contributed by atoms with Crippen molar-refractivity contribution in [3.8, 4) is 11.8 Å². The molecule has 0 spiro atoms. The van der Waals surface area contributed by atoms with Crippen LogP contribution in [0.3, 0.4) is 0 Å². The maximum absolute atomic E-state index is 11.6. The van der Waals surface area contributed by atoms with E-state index in [1.54, 1.807) is 0 Å². The largest absolute Gasteiger partial charge is 2.00 e. The van der Waals surface area contributed by atoms with E-state index >= 15 is 0 Å². The van der Waals surface area contributed by atoms with Gasteiger partial charge in [0.1, 0.15) is 5.57 Å². The fourth-order valence-corrected chi connectivity index (χ4v) is 9.89. The SMILES string of the molecule is CCCCCCCCCCCCC#CC1=C(c2cccc(CCCCCC)c2)[N+](=[N-])C(c2cccc(CCCCCC)c2)=C1.[CH2-]CCCCCCCCCCCCC.[CH2-]CCCCCCCCCCCCC.[Ni+2]. The smallest absolute Gasteiger partial charge is 0.493 e. The Labute approximate surface area is 467 Å². The Morgan fingerprint density at radius 2 is 0.712 bits per heavy atom. The van der Waals surface area contributed by atoms with Crippen LogP contribution in [0.1, 0.15) is 333 Å². The third-order valence-electron chi connectivity index (χ3n) is 14.6. The number of unbranched alkanes of at least 4 members (excludes halogenated alkanes) is 38. The van der Waals surface area contributed by atoms with Crippen molar-refractivity contribution in [3.63, 3.8) is 0 Å². The van der Waals surface area contributed by atoms with Gasteiger partial charge in [-0.2, -0.15) is 12.8 Å². The van der Waals surface area contributed by atoms with Gasteiger partial charge in [-0.3, -0.25) is 0 Å². The summed E-state index contributed by atoms with van der Waals surface area (Å²) in [7, 11) is 0. The topological polar surface area (TPSA) is 25.3 Å². The predicted molar refractivity (Wildman–Crippen MR) is 324 cm³/mol. The second-order valence-electron chi connectivity index (χ2n) is 21.6. The van der Waals surface area contributed by atoms with E-state index in [-0.39, 0.29) is 16.5 Å². The molecule has 0 radical (unpaired) electrons. The van der Waals surface area contributed by atoms with Crippen LogP contribution in [0.4, 0.5) is 0 Å². The minimum Gasteiger partial charge on any atom is -0.493 e. The van der Waals surface area contributed by atoms with Crippen molar-refractivity contribution < 1.29 is 21.2 Å². The Kier molecular flexibility index (Phi) is 52.6. The third-order valence-corrected chi connectivity index (χ3v) is 14.6. The molecule has 0 aromatic heterocycles. The summed E-state index contributed by atoms with van der Waals surface area (Å²) in [6.07, 6.45) is 62.3. The van der Waals surface area contributed by atoms with E-state index in [0.29, 0.717) is 0 Å². The first-order chi connectivity index (χ1) is 35.5. The molecule has 2 aromatic rings. The van der Waals surface area contributed by atoms with Gasteiger partial charge in [0.05, 0.1) is 0 Å². The summed E-state index contributed by atoms with van der Waals surface area (Å²) in [5.41, 5.74) is 19.0. The number of aryl methyl sites for hydroxylation is 2. The molecule has 0 saturated heterocycles. The molecule has 1 aliphatic rings. The van der Waals surface area contributed by atoms with E-state index in [2.05, 4.69) is 115 Å². The minimum atomic E-state index is 0. The number of hydrogen-bond donors (Lipinski definition) is 0. The van der Waals surface area contributed by atoms with Gasteiger partial charge in [0.2, 0.25) is 11.4 Å². The summed E-state index contributed by atoms with van der Waals surface area (Å²) < 4.78 is 1.40. The second kappa shape index (κ2) is 54.4. The molecule has 2 aromatic carbocycles. The normalized spacial score (nSPS) is 11.9. The first-order valence-corrected chi connectivity index (χ1v) is 31.7. The summed E-state index contributed by atoms with van der Waals surface area (Å²) >= 11 is 0. The Morgan fingerprint density at radius 1 is 0.397 bits per heavy atom. The predicted octanol–water partition coefficient (Wildman–Crippen LogP) is 24.1. The molecule has 418 valence electrons. The first kappa shape index (κ1) is 70.6. The number of rotatable bonds is 44. The van der Waals surface area contributed by atoms with Crippen molar-refractivity contribution in [2.45, 2.75) is 324 Å². The van der Waals surface area contributed by atoms with Gasteiger partial charge in [0, 0.05) is 23.6 Å². The van der Waals surface area contributed by atoms with Crippen LogP contribution in [-0.4, -0.2) is 4.70 Å². The van der Waals surface area contributed by atoms with Crippen molar-refractivity contribution in [2.24, 2.45) is 0 Å². The molecule has 2 nitrogen and oxygen atoms in total. The van der Waals surface area contributed by atoms with Crippen LogP contribution in [0.25, 0.3) is 16.9 Å². The maximum Gasteiger partial charge on any atom is 2.00 e. The summed E-state index contributed by atoms with van der Waals surface area (Å²) in [5, 5.41) is 0. The maximum atomic E-state index is 11.6. The first-order valence-electron chi connectivity index (χ1n) is 31.7. The van der Waals surface area contributed by atoms with Crippen molar-refractivity contribution in [2.75, 3.05) is 0 Å². The molecule has 1 heterocycles. The van der Waals surface area contributed by atoms with Gasteiger partial charge >= 0.3 is 16.5 Å². The summed E-state index contributed by atoms with van der Waals surface area (Å²) in [5.74, 6) is 6.95. The van der Waals surface area contributed by atoms with Crippen molar-refractivity contribution >= 4 is 11.4 Å². The Bertz CT molecular complexity index is 1610. The van der Waals surface area contributed by atoms with Gasteiger partial charge in [0.15, 0.2) is 0 Å². The van der Waals surface area contributed by atoms with Crippen LogP contribution in [0.2, 0.25) is 0 Å². The average Bonchev–Trinajstić information content (AvgIpc) is 3.73. The fraction of sp³-hybridized carbons (Fsp3) is 0.714. The summed E-state index contributed by atoms with van der Waals surface area (Å²) in [4.78, 5) is 0. The molecule has 0 fully saturated rings. The molecule has 0 N–H and O–H groups in total. The molecule has 0 aliphatic carbocycles. The monoisotopic (exact) mass is 1040 g/mol. The van der Waals surface area contributed by atoms with E-state index in [1.807, 2.05) is 0 Å². The number of hydrogen-bond acceptors (Lipinski definition) is 0. The van der Waals surface area contributed by atoms with Crippen LogP contribution >= 0.6 is 0 Å². The standard InChI is InChI=1S/C42H60N2.2C14H29.Ni/c1-4-7-10-13-14-15-16-17-18-19-20-23-30-40-35-41(38-31-24-28-36(33-38)26-21-11-8-5-2)44(43)42(40)39-32-25-29-37(34-39)27-22-12-9-6-3;2*1-3-5-7-9-11-13-14-12-10-8-6-4-2;/h24-25,28-29,31-35H,4-22,26-27H2,1-3H3;2*1,3-14H2,2H3;/q;2*-1;+2. The van der Waals surface area contributed by atoms with E-state index in [1.165, 1.54) is 266 Å². The molecule has 0 amide bonds. The molecule has 0 unspecified atom stereocenters. The number of nitrogens with zero attached hydrogens (tertiary/aromatic N) is 2. The van der Waals surface area contributed by atoms with Crippen molar-refractivity contribution in [1.82, 2.24) is 0 Å².